The molecule has 0 saturated heterocycles. The Kier molecular flexibility index (Phi) is 3.84. The number of carbonyl (C=O) groups is 1. The van der Waals surface area contributed by atoms with Crippen molar-refractivity contribution in [2.75, 3.05) is 30.5 Å². The standard InChI is InChI=1S/C13H18N2O3/c1-15-12-3-2-10(6-9(12)7-13(15)18)14-11(8-17)4-5-16/h2-3,6,11,14,16-17H,4-5,7-8H2,1H3. The molecule has 2 rings (SSSR count). The summed E-state index contributed by atoms with van der Waals surface area (Å²) in [6.45, 7) is 0.000862. The van der Waals surface area contributed by atoms with Crippen molar-refractivity contribution in [1.29, 1.82) is 0 Å². The number of amides is 1. The summed E-state index contributed by atoms with van der Waals surface area (Å²) >= 11 is 0. The second kappa shape index (κ2) is 5.37. The Labute approximate surface area is 106 Å². The molecule has 1 aromatic carbocycles. The van der Waals surface area contributed by atoms with Crippen LogP contribution in [0.25, 0.3) is 0 Å². The van der Waals surface area contributed by atoms with Gasteiger partial charge in [-0.1, -0.05) is 0 Å². The van der Waals surface area contributed by atoms with Gasteiger partial charge in [0, 0.05) is 25.0 Å². The van der Waals surface area contributed by atoms with Gasteiger partial charge in [-0.3, -0.25) is 4.79 Å². The fourth-order valence-electron chi connectivity index (χ4n) is 2.16. The van der Waals surface area contributed by atoms with Gasteiger partial charge >= 0.3 is 0 Å². The normalized spacial score (nSPS) is 15.7. The summed E-state index contributed by atoms with van der Waals surface area (Å²) < 4.78 is 0. The number of aliphatic hydroxyl groups excluding tert-OH is 2. The van der Waals surface area contributed by atoms with Crippen molar-refractivity contribution in [2.45, 2.75) is 18.9 Å². The minimum absolute atomic E-state index is 0.0313. The zero-order valence-electron chi connectivity index (χ0n) is 10.4. The van der Waals surface area contributed by atoms with Crippen LogP contribution >= 0.6 is 0 Å². The van der Waals surface area contributed by atoms with Gasteiger partial charge in [0.15, 0.2) is 0 Å². The second-order valence-electron chi connectivity index (χ2n) is 4.51. The molecule has 0 aromatic heterocycles. The number of aliphatic hydroxyl groups is 2. The Bertz CT molecular complexity index is 448. The Morgan fingerprint density at radius 3 is 2.89 bits per heavy atom. The maximum absolute atomic E-state index is 11.6. The van der Waals surface area contributed by atoms with E-state index >= 15 is 0 Å². The van der Waals surface area contributed by atoms with Gasteiger partial charge < -0.3 is 20.4 Å². The van der Waals surface area contributed by atoms with Gasteiger partial charge in [0.2, 0.25) is 5.91 Å². The largest absolute Gasteiger partial charge is 0.396 e. The van der Waals surface area contributed by atoms with Gasteiger partial charge in [0.25, 0.3) is 0 Å². The fourth-order valence-corrected chi connectivity index (χ4v) is 2.16. The van der Waals surface area contributed by atoms with Crippen LogP contribution in [0.3, 0.4) is 0 Å². The maximum Gasteiger partial charge on any atom is 0.231 e. The van der Waals surface area contributed by atoms with E-state index in [1.807, 2.05) is 18.2 Å². The van der Waals surface area contributed by atoms with Crippen molar-refractivity contribution in [1.82, 2.24) is 0 Å². The fraction of sp³-hybridized carbons (Fsp3) is 0.462. The van der Waals surface area contributed by atoms with E-state index in [9.17, 15) is 4.79 Å². The zero-order chi connectivity index (χ0) is 13.1. The lowest BCUT2D eigenvalue weighted by Gasteiger charge is -2.17. The summed E-state index contributed by atoms with van der Waals surface area (Å²) in [6.07, 6.45) is 0.914. The van der Waals surface area contributed by atoms with Crippen LogP contribution in [-0.2, 0) is 11.2 Å². The third-order valence-electron chi connectivity index (χ3n) is 3.23. The quantitative estimate of drug-likeness (QED) is 0.705. The SMILES string of the molecule is CN1C(=O)Cc2cc(NC(CO)CCO)ccc21. The van der Waals surface area contributed by atoms with Gasteiger partial charge in [-0.15, -0.1) is 0 Å². The molecule has 0 saturated carbocycles. The van der Waals surface area contributed by atoms with Crippen molar-refractivity contribution >= 4 is 17.3 Å². The average Bonchev–Trinajstić information content (AvgIpc) is 2.64. The summed E-state index contributed by atoms with van der Waals surface area (Å²) in [5.74, 6) is 0.0937. The number of hydrogen-bond donors (Lipinski definition) is 3. The maximum atomic E-state index is 11.6. The molecule has 1 aliphatic heterocycles. The van der Waals surface area contributed by atoms with Crippen molar-refractivity contribution in [2.24, 2.45) is 0 Å². The van der Waals surface area contributed by atoms with Gasteiger partial charge in [0.1, 0.15) is 0 Å². The number of anilines is 2. The van der Waals surface area contributed by atoms with E-state index in [1.54, 1.807) is 11.9 Å². The summed E-state index contributed by atoms with van der Waals surface area (Å²) in [5, 5.41) is 21.2. The number of rotatable bonds is 5. The van der Waals surface area contributed by atoms with E-state index in [1.165, 1.54) is 0 Å². The average molecular weight is 250 g/mol. The molecule has 1 atom stereocenters. The molecule has 1 unspecified atom stereocenters. The molecule has 0 bridgehead atoms. The topological polar surface area (TPSA) is 72.8 Å². The summed E-state index contributed by atoms with van der Waals surface area (Å²) in [4.78, 5) is 13.2. The molecule has 1 aliphatic rings. The van der Waals surface area contributed by atoms with Crippen LogP contribution in [0.15, 0.2) is 18.2 Å². The van der Waals surface area contributed by atoms with Crippen LogP contribution in [0.2, 0.25) is 0 Å². The Balaban J connectivity index is 2.13. The number of likely N-dealkylation sites (N-methyl/N-ethyl adjacent to an activating group) is 1. The van der Waals surface area contributed by atoms with E-state index in [2.05, 4.69) is 5.32 Å². The predicted molar refractivity (Wildman–Crippen MR) is 69.8 cm³/mol. The van der Waals surface area contributed by atoms with Crippen LogP contribution in [0.5, 0.6) is 0 Å². The summed E-state index contributed by atoms with van der Waals surface area (Å²) in [6, 6.07) is 5.55. The molecule has 0 radical (unpaired) electrons. The lowest BCUT2D eigenvalue weighted by molar-refractivity contribution is -0.117. The first-order valence-electron chi connectivity index (χ1n) is 6.03. The number of nitrogens with one attached hydrogen (secondary N) is 1. The molecular weight excluding hydrogens is 232 g/mol. The van der Waals surface area contributed by atoms with Gasteiger partial charge in [0.05, 0.1) is 19.1 Å². The molecule has 0 aliphatic carbocycles. The number of carbonyl (C=O) groups excluding carboxylic acids is 1. The van der Waals surface area contributed by atoms with Crippen LogP contribution in [0.4, 0.5) is 11.4 Å². The van der Waals surface area contributed by atoms with E-state index < -0.39 is 0 Å². The van der Waals surface area contributed by atoms with E-state index in [0.717, 1.165) is 16.9 Å². The van der Waals surface area contributed by atoms with Crippen molar-refractivity contribution < 1.29 is 15.0 Å². The highest BCUT2D eigenvalue weighted by Gasteiger charge is 2.24. The highest BCUT2D eigenvalue weighted by atomic mass is 16.3. The second-order valence-corrected chi connectivity index (χ2v) is 4.51. The van der Waals surface area contributed by atoms with Crippen molar-refractivity contribution in [3.05, 3.63) is 23.8 Å². The Morgan fingerprint density at radius 2 is 2.22 bits per heavy atom. The highest BCUT2D eigenvalue weighted by molar-refractivity contribution is 6.01. The monoisotopic (exact) mass is 250 g/mol. The number of benzene rings is 1. The van der Waals surface area contributed by atoms with Crippen molar-refractivity contribution in [3.63, 3.8) is 0 Å². The lowest BCUT2D eigenvalue weighted by atomic mass is 10.1. The molecule has 18 heavy (non-hydrogen) atoms. The molecule has 3 N–H and O–H groups in total. The van der Waals surface area contributed by atoms with Crippen LogP contribution < -0.4 is 10.2 Å². The smallest absolute Gasteiger partial charge is 0.231 e. The number of fused-ring (bicyclic) bond motifs is 1. The molecule has 0 fully saturated rings. The molecular formula is C13H18N2O3. The van der Waals surface area contributed by atoms with Gasteiger partial charge in [-0.25, -0.2) is 0 Å². The third-order valence-corrected chi connectivity index (χ3v) is 3.23. The number of hydrogen-bond acceptors (Lipinski definition) is 4. The molecule has 0 spiro atoms. The first kappa shape index (κ1) is 12.9. The van der Waals surface area contributed by atoms with Crippen LogP contribution in [0.1, 0.15) is 12.0 Å². The van der Waals surface area contributed by atoms with Gasteiger partial charge in [-0.2, -0.15) is 0 Å². The molecule has 1 heterocycles. The molecule has 1 aromatic rings. The predicted octanol–water partition coefficient (Wildman–Crippen LogP) is 0.361. The molecule has 5 heteroatoms. The number of nitrogens with zero attached hydrogens (tertiary/aromatic N) is 1. The van der Waals surface area contributed by atoms with Crippen molar-refractivity contribution in [3.8, 4) is 0 Å². The Morgan fingerprint density at radius 1 is 1.44 bits per heavy atom. The minimum Gasteiger partial charge on any atom is -0.396 e. The first-order chi connectivity index (χ1) is 8.65. The minimum atomic E-state index is -0.164. The highest BCUT2D eigenvalue weighted by Crippen LogP contribution is 2.30. The third kappa shape index (κ3) is 2.47. The molecule has 5 nitrogen and oxygen atoms in total. The Hall–Kier alpha value is -1.59. The van der Waals surface area contributed by atoms with Gasteiger partial charge in [-0.05, 0) is 30.2 Å². The van der Waals surface area contributed by atoms with Crippen LogP contribution in [-0.4, -0.2) is 42.4 Å². The molecule has 98 valence electrons. The van der Waals surface area contributed by atoms with E-state index in [0.29, 0.717) is 12.8 Å². The first-order valence-corrected chi connectivity index (χ1v) is 6.03. The zero-order valence-corrected chi connectivity index (χ0v) is 10.4. The van der Waals surface area contributed by atoms with E-state index in [-0.39, 0.29) is 25.2 Å². The van der Waals surface area contributed by atoms with E-state index in [4.69, 9.17) is 10.2 Å². The summed E-state index contributed by atoms with van der Waals surface area (Å²) in [5.41, 5.74) is 2.80. The van der Waals surface area contributed by atoms with Crippen LogP contribution in [0, 0.1) is 0 Å². The lowest BCUT2D eigenvalue weighted by Crippen LogP contribution is -2.24. The molecule has 1 amide bonds. The summed E-state index contributed by atoms with van der Waals surface area (Å²) in [7, 11) is 1.77.